The minimum Gasteiger partial charge on any atom is -0.508 e. The molecule has 0 aliphatic heterocycles. The molecule has 5 heteroatoms. The Labute approximate surface area is 97.2 Å². The van der Waals surface area contributed by atoms with Gasteiger partial charge in [0.25, 0.3) is 0 Å². The number of benzene rings is 1. The average molecular weight is 236 g/mol. The molecule has 0 saturated heterocycles. The third kappa shape index (κ3) is 1.69. The summed E-state index contributed by atoms with van der Waals surface area (Å²) in [5.41, 5.74) is 0.367. The Hall–Kier alpha value is -2.17. The molecule has 0 amide bonds. The molecule has 0 aliphatic rings. The third-order valence-corrected chi connectivity index (χ3v) is 2.51. The van der Waals surface area contributed by atoms with E-state index in [9.17, 15) is 9.90 Å². The molecule has 2 rings (SSSR count). The lowest BCUT2D eigenvalue weighted by atomic mass is 10.1. The van der Waals surface area contributed by atoms with Crippen LogP contribution in [0.5, 0.6) is 17.2 Å². The lowest BCUT2D eigenvalue weighted by Crippen LogP contribution is -2.06. The second kappa shape index (κ2) is 4.01. The van der Waals surface area contributed by atoms with Crippen LogP contribution < -0.4 is 15.1 Å². The quantitative estimate of drug-likeness (QED) is 0.805. The summed E-state index contributed by atoms with van der Waals surface area (Å²) >= 11 is 0. The Morgan fingerprint density at radius 1 is 1.18 bits per heavy atom. The van der Waals surface area contributed by atoms with Crippen LogP contribution in [0.3, 0.4) is 0 Å². The molecule has 1 heterocycles. The fraction of sp³-hybridized carbons (Fsp3) is 0.250. The molecule has 0 unspecified atom stereocenters. The summed E-state index contributed by atoms with van der Waals surface area (Å²) < 4.78 is 15.2. The number of fused-ring (bicyclic) bond motifs is 1. The highest BCUT2D eigenvalue weighted by Crippen LogP contribution is 2.36. The number of phenols is 1. The molecule has 0 atom stereocenters. The molecule has 5 nitrogen and oxygen atoms in total. The van der Waals surface area contributed by atoms with E-state index >= 15 is 0 Å². The highest BCUT2D eigenvalue weighted by atomic mass is 16.5. The molecule has 0 spiro atoms. The summed E-state index contributed by atoms with van der Waals surface area (Å²) in [6.45, 7) is 1.78. The maximum absolute atomic E-state index is 11.6. The first kappa shape index (κ1) is 11.3. The second-order valence-corrected chi connectivity index (χ2v) is 3.59. The Balaban J connectivity index is 2.99. The monoisotopic (exact) mass is 236 g/mol. The van der Waals surface area contributed by atoms with Crippen LogP contribution >= 0.6 is 0 Å². The van der Waals surface area contributed by atoms with Crippen molar-refractivity contribution in [1.29, 1.82) is 0 Å². The van der Waals surface area contributed by atoms with Crippen LogP contribution in [0, 0.1) is 6.92 Å². The SMILES string of the molecule is COc1c(OC)c2c(C)cc(O)cc2oc1=O. The zero-order valence-electron chi connectivity index (χ0n) is 9.73. The van der Waals surface area contributed by atoms with Gasteiger partial charge in [0.05, 0.1) is 19.6 Å². The molecule has 90 valence electrons. The van der Waals surface area contributed by atoms with E-state index in [0.717, 1.165) is 5.56 Å². The maximum Gasteiger partial charge on any atom is 0.383 e. The minimum atomic E-state index is -0.637. The van der Waals surface area contributed by atoms with Crippen molar-refractivity contribution >= 4 is 11.0 Å². The molecule has 0 bridgehead atoms. The normalized spacial score (nSPS) is 10.5. The van der Waals surface area contributed by atoms with Crippen molar-refractivity contribution in [2.75, 3.05) is 14.2 Å². The first-order valence-corrected chi connectivity index (χ1v) is 4.97. The zero-order chi connectivity index (χ0) is 12.6. The van der Waals surface area contributed by atoms with E-state index in [1.165, 1.54) is 20.3 Å². The molecular formula is C12H12O5. The van der Waals surface area contributed by atoms with Gasteiger partial charge in [-0.3, -0.25) is 0 Å². The van der Waals surface area contributed by atoms with Gasteiger partial charge in [-0.1, -0.05) is 0 Å². The first-order chi connectivity index (χ1) is 8.08. The Morgan fingerprint density at radius 3 is 2.41 bits per heavy atom. The predicted octanol–water partition coefficient (Wildman–Crippen LogP) is 1.82. The van der Waals surface area contributed by atoms with E-state index in [4.69, 9.17) is 13.9 Å². The molecule has 17 heavy (non-hydrogen) atoms. The highest BCUT2D eigenvalue weighted by Gasteiger charge is 2.18. The molecule has 0 aliphatic carbocycles. The van der Waals surface area contributed by atoms with Gasteiger partial charge in [0.1, 0.15) is 11.3 Å². The highest BCUT2D eigenvalue weighted by molar-refractivity contribution is 5.89. The Bertz CT molecular complexity index is 627. The number of hydrogen-bond donors (Lipinski definition) is 1. The van der Waals surface area contributed by atoms with Crippen LogP contribution in [-0.2, 0) is 0 Å². The molecule has 0 radical (unpaired) electrons. The van der Waals surface area contributed by atoms with Crippen molar-refractivity contribution in [3.05, 3.63) is 28.1 Å². The van der Waals surface area contributed by atoms with Crippen molar-refractivity contribution in [3.63, 3.8) is 0 Å². The van der Waals surface area contributed by atoms with Gasteiger partial charge in [-0.25, -0.2) is 4.79 Å². The number of rotatable bonds is 2. The van der Waals surface area contributed by atoms with E-state index in [1.807, 2.05) is 0 Å². The summed E-state index contributed by atoms with van der Waals surface area (Å²) in [7, 11) is 2.82. The maximum atomic E-state index is 11.6. The molecular weight excluding hydrogens is 224 g/mol. The van der Waals surface area contributed by atoms with Gasteiger partial charge in [-0.05, 0) is 18.6 Å². The molecule has 1 N–H and O–H groups in total. The zero-order valence-corrected chi connectivity index (χ0v) is 9.73. The van der Waals surface area contributed by atoms with Gasteiger partial charge in [-0.15, -0.1) is 0 Å². The van der Waals surface area contributed by atoms with E-state index in [1.54, 1.807) is 13.0 Å². The molecule has 0 saturated carbocycles. The number of aromatic hydroxyl groups is 1. The number of aryl methyl sites for hydroxylation is 1. The molecule has 1 aromatic heterocycles. The van der Waals surface area contributed by atoms with Crippen LogP contribution in [0.4, 0.5) is 0 Å². The van der Waals surface area contributed by atoms with Crippen LogP contribution in [0.1, 0.15) is 5.56 Å². The predicted molar refractivity (Wildman–Crippen MR) is 62.0 cm³/mol. The fourth-order valence-electron chi connectivity index (χ4n) is 1.83. The van der Waals surface area contributed by atoms with Crippen molar-refractivity contribution in [1.82, 2.24) is 0 Å². The fourth-order valence-corrected chi connectivity index (χ4v) is 1.83. The standard InChI is InChI=1S/C12H12O5/c1-6-4-7(13)5-8-9(6)10(15-2)11(16-3)12(14)17-8/h4-5,13H,1-3H3. The largest absolute Gasteiger partial charge is 0.508 e. The van der Waals surface area contributed by atoms with Gasteiger partial charge >= 0.3 is 5.63 Å². The summed E-state index contributed by atoms with van der Waals surface area (Å²) in [6, 6.07) is 2.93. The molecule has 2 aromatic rings. The van der Waals surface area contributed by atoms with Crippen LogP contribution in [0.15, 0.2) is 21.3 Å². The van der Waals surface area contributed by atoms with E-state index in [-0.39, 0.29) is 17.1 Å². The van der Waals surface area contributed by atoms with Gasteiger partial charge in [-0.2, -0.15) is 0 Å². The molecule has 0 fully saturated rings. The topological polar surface area (TPSA) is 68.9 Å². The lowest BCUT2D eigenvalue weighted by molar-refractivity contribution is 0.338. The second-order valence-electron chi connectivity index (χ2n) is 3.59. The van der Waals surface area contributed by atoms with Crippen LogP contribution in [0.25, 0.3) is 11.0 Å². The van der Waals surface area contributed by atoms with Gasteiger partial charge in [0.2, 0.25) is 5.75 Å². The molecule has 1 aromatic carbocycles. The summed E-state index contributed by atoms with van der Waals surface area (Å²) in [6.07, 6.45) is 0. The average Bonchev–Trinajstić information content (AvgIpc) is 2.26. The van der Waals surface area contributed by atoms with E-state index < -0.39 is 5.63 Å². The van der Waals surface area contributed by atoms with Crippen molar-refractivity contribution in [2.24, 2.45) is 0 Å². The van der Waals surface area contributed by atoms with Crippen molar-refractivity contribution < 1.29 is 19.0 Å². The van der Waals surface area contributed by atoms with Crippen molar-refractivity contribution in [2.45, 2.75) is 6.92 Å². The summed E-state index contributed by atoms with van der Waals surface area (Å²) in [5.74, 6) is 0.371. The number of hydrogen-bond acceptors (Lipinski definition) is 5. The van der Waals surface area contributed by atoms with Gasteiger partial charge < -0.3 is 19.0 Å². The number of phenolic OH excluding ortho intramolecular Hbond substituents is 1. The minimum absolute atomic E-state index is 0.0220. The Kier molecular flexibility index (Phi) is 2.67. The van der Waals surface area contributed by atoms with E-state index in [0.29, 0.717) is 11.1 Å². The first-order valence-electron chi connectivity index (χ1n) is 4.97. The smallest absolute Gasteiger partial charge is 0.383 e. The lowest BCUT2D eigenvalue weighted by Gasteiger charge is -2.10. The van der Waals surface area contributed by atoms with Gasteiger partial charge in [0, 0.05) is 6.07 Å². The van der Waals surface area contributed by atoms with Gasteiger partial charge in [0.15, 0.2) is 5.75 Å². The van der Waals surface area contributed by atoms with Crippen LogP contribution in [0.2, 0.25) is 0 Å². The third-order valence-electron chi connectivity index (χ3n) is 2.51. The van der Waals surface area contributed by atoms with Crippen molar-refractivity contribution in [3.8, 4) is 17.2 Å². The number of ether oxygens (including phenoxy) is 2. The summed E-state index contributed by atoms with van der Waals surface area (Å²) in [4.78, 5) is 11.6. The number of methoxy groups -OCH3 is 2. The Morgan fingerprint density at radius 2 is 1.82 bits per heavy atom. The van der Waals surface area contributed by atoms with Crippen LogP contribution in [-0.4, -0.2) is 19.3 Å². The van der Waals surface area contributed by atoms with E-state index in [2.05, 4.69) is 0 Å². The summed E-state index contributed by atoms with van der Waals surface area (Å²) in [5, 5.41) is 10.1.